The standard InChI is InChI=1S/C19H27NO2/c1-6-8-15-13(5)20(9-7-2)18-16(15)10-14(12(3)4)11-17(18)19(21)22/h10-12H,6-9H2,1-5H3,(H,21,22). The Hall–Kier alpha value is -1.77. The summed E-state index contributed by atoms with van der Waals surface area (Å²) in [6.45, 7) is 11.5. The Kier molecular flexibility index (Phi) is 4.94. The van der Waals surface area contributed by atoms with Crippen LogP contribution in [0.15, 0.2) is 12.1 Å². The molecule has 22 heavy (non-hydrogen) atoms. The number of hydrogen-bond acceptors (Lipinski definition) is 1. The number of fused-ring (bicyclic) bond motifs is 1. The highest BCUT2D eigenvalue weighted by Gasteiger charge is 2.21. The maximum atomic E-state index is 11.8. The van der Waals surface area contributed by atoms with Gasteiger partial charge in [0.2, 0.25) is 0 Å². The number of aryl methyl sites for hydroxylation is 2. The van der Waals surface area contributed by atoms with Crippen molar-refractivity contribution in [1.82, 2.24) is 4.57 Å². The normalized spacial score (nSPS) is 11.5. The number of hydrogen-bond donors (Lipinski definition) is 1. The Morgan fingerprint density at radius 2 is 1.91 bits per heavy atom. The van der Waals surface area contributed by atoms with Crippen molar-refractivity contribution in [2.24, 2.45) is 0 Å². The highest BCUT2D eigenvalue weighted by atomic mass is 16.4. The summed E-state index contributed by atoms with van der Waals surface area (Å²) in [5, 5.41) is 10.8. The average molecular weight is 301 g/mol. The molecule has 0 spiro atoms. The van der Waals surface area contributed by atoms with Gasteiger partial charge in [-0.3, -0.25) is 0 Å². The van der Waals surface area contributed by atoms with Crippen LogP contribution in [-0.4, -0.2) is 15.6 Å². The molecule has 120 valence electrons. The topological polar surface area (TPSA) is 42.2 Å². The van der Waals surface area contributed by atoms with Gasteiger partial charge in [0, 0.05) is 17.6 Å². The second-order valence-corrected chi connectivity index (χ2v) is 6.39. The molecule has 1 N–H and O–H groups in total. The van der Waals surface area contributed by atoms with Crippen molar-refractivity contribution in [3.63, 3.8) is 0 Å². The van der Waals surface area contributed by atoms with E-state index in [1.54, 1.807) is 0 Å². The van der Waals surface area contributed by atoms with Gasteiger partial charge in [0.25, 0.3) is 0 Å². The highest BCUT2D eigenvalue weighted by Crippen LogP contribution is 2.33. The molecule has 0 aliphatic heterocycles. The second-order valence-electron chi connectivity index (χ2n) is 6.39. The van der Waals surface area contributed by atoms with Gasteiger partial charge in [-0.15, -0.1) is 0 Å². The fourth-order valence-electron chi connectivity index (χ4n) is 3.27. The third kappa shape index (κ3) is 2.77. The Morgan fingerprint density at radius 1 is 1.23 bits per heavy atom. The lowest BCUT2D eigenvalue weighted by molar-refractivity contribution is 0.0698. The zero-order valence-electron chi connectivity index (χ0n) is 14.4. The van der Waals surface area contributed by atoms with Crippen LogP contribution in [0.25, 0.3) is 10.9 Å². The Morgan fingerprint density at radius 3 is 2.41 bits per heavy atom. The summed E-state index contributed by atoms with van der Waals surface area (Å²) in [4.78, 5) is 11.8. The Bertz CT molecular complexity index is 695. The van der Waals surface area contributed by atoms with Crippen LogP contribution in [0.3, 0.4) is 0 Å². The number of aromatic carboxylic acids is 1. The van der Waals surface area contributed by atoms with Crippen LogP contribution in [0.1, 0.15) is 73.6 Å². The number of carboxylic acid groups (broad SMARTS) is 1. The van der Waals surface area contributed by atoms with Gasteiger partial charge in [0.1, 0.15) is 0 Å². The van der Waals surface area contributed by atoms with E-state index in [-0.39, 0.29) is 0 Å². The first-order valence-electron chi connectivity index (χ1n) is 8.31. The summed E-state index contributed by atoms with van der Waals surface area (Å²) in [6, 6.07) is 4.06. The molecule has 0 saturated heterocycles. The van der Waals surface area contributed by atoms with Crippen molar-refractivity contribution in [1.29, 1.82) is 0 Å². The molecule has 0 saturated carbocycles. The van der Waals surface area contributed by atoms with Gasteiger partial charge in [-0.1, -0.05) is 34.1 Å². The van der Waals surface area contributed by atoms with E-state index < -0.39 is 5.97 Å². The molecule has 0 aliphatic rings. The van der Waals surface area contributed by atoms with Gasteiger partial charge in [-0.05, 0) is 48.9 Å². The lowest BCUT2D eigenvalue weighted by atomic mass is 9.96. The summed E-state index contributed by atoms with van der Waals surface area (Å²) >= 11 is 0. The molecule has 0 unspecified atom stereocenters. The number of benzene rings is 1. The molecule has 0 fully saturated rings. The number of rotatable bonds is 6. The quantitative estimate of drug-likeness (QED) is 0.803. The summed E-state index contributed by atoms with van der Waals surface area (Å²) in [5.74, 6) is -0.503. The molecule has 0 radical (unpaired) electrons. The van der Waals surface area contributed by atoms with E-state index in [0.717, 1.165) is 42.3 Å². The molecule has 0 bridgehead atoms. The largest absolute Gasteiger partial charge is 0.478 e. The van der Waals surface area contributed by atoms with Gasteiger partial charge in [0.05, 0.1) is 11.1 Å². The van der Waals surface area contributed by atoms with Crippen LogP contribution in [-0.2, 0) is 13.0 Å². The minimum Gasteiger partial charge on any atom is -0.478 e. The molecule has 1 aromatic heterocycles. The molecule has 1 aromatic carbocycles. The van der Waals surface area contributed by atoms with E-state index in [9.17, 15) is 9.90 Å². The zero-order valence-corrected chi connectivity index (χ0v) is 14.4. The van der Waals surface area contributed by atoms with Gasteiger partial charge in [-0.25, -0.2) is 4.79 Å². The molecule has 2 rings (SSSR count). The van der Waals surface area contributed by atoms with Gasteiger partial charge >= 0.3 is 5.97 Å². The summed E-state index contributed by atoms with van der Waals surface area (Å²) in [7, 11) is 0. The number of aromatic nitrogens is 1. The van der Waals surface area contributed by atoms with Crippen molar-refractivity contribution in [2.45, 2.75) is 66.3 Å². The monoisotopic (exact) mass is 301 g/mol. The lowest BCUT2D eigenvalue weighted by Gasteiger charge is -2.11. The smallest absolute Gasteiger partial charge is 0.337 e. The molecule has 1 heterocycles. The fourth-order valence-corrected chi connectivity index (χ4v) is 3.27. The molecular weight excluding hydrogens is 274 g/mol. The van der Waals surface area contributed by atoms with Crippen molar-refractivity contribution in [3.8, 4) is 0 Å². The van der Waals surface area contributed by atoms with Gasteiger partial charge in [-0.2, -0.15) is 0 Å². The van der Waals surface area contributed by atoms with Crippen LogP contribution in [0.4, 0.5) is 0 Å². The summed E-state index contributed by atoms with van der Waals surface area (Å²) in [5.41, 5.74) is 4.99. The summed E-state index contributed by atoms with van der Waals surface area (Å²) in [6.07, 6.45) is 3.07. The van der Waals surface area contributed by atoms with Crippen molar-refractivity contribution in [2.75, 3.05) is 0 Å². The van der Waals surface area contributed by atoms with E-state index in [4.69, 9.17) is 0 Å². The second kappa shape index (κ2) is 6.55. The number of carbonyl (C=O) groups is 1. The lowest BCUT2D eigenvalue weighted by Crippen LogP contribution is -2.06. The van der Waals surface area contributed by atoms with E-state index in [1.807, 2.05) is 6.07 Å². The van der Waals surface area contributed by atoms with Crippen LogP contribution in [0.5, 0.6) is 0 Å². The minimum absolute atomic E-state index is 0.326. The molecular formula is C19H27NO2. The van der Waals surface area contributed by atoms with Gasteiger partial charge in [0.15, 0.2) is 0 Å². The van der Waals surface area contributed by atoms with E-state index in [1.165, 1.54) is 11.3 Å². The third-order valence-corrected chi connectivity index (χ3v) is 4.41. The van der Waals surface area contributed by atoms with Gasteiger partial charge < -0.3 is 9.67 Å². The molecule has 3 nitrogen and oxygen atoms in total. The zero-order chi connectivity index (χ0) is 16.4. The molecule has 3 heteroatoms. The van der Waals surface area contributed by atoms with Crippen molar-refractivity contribution >= 4 is 16.9 Å². The molecule has 2 aromatic rings. The van der Waals surface area contributed by atoms with Crippen LogP contribution in [0.2, 0.25) is 0 Å². The first-order valence-corrected chi connectivity index (χ1v) is 8.31. The van der Waals surface area contributed by atoms with E-state index in [2.05, 4.69) is 45.3 Å². The van der Waals surface area contributed by atoms with Crippen molar-refractivity contribution < 1.29 is 9.90 Å². The minimum atomic E-state index is -0.828. The first kappa shape index (κ1) is 16.6. The summed E-state index contributed by atoms with van der Waals surface area (Å²) < 4.78 is 2.20. The number of carboxylic acids is 1. The molecule has 0 atom stereocenters. The fraction of sp³-hybridized carbons (Fsp3) is 0.526. The SMILES string of the molecule is CCCc1c(C)n(CCC)c2c(C(=O)O)cc(C(C)C)cc12. The average Bonchev–Trinajstić information content (AvgIpc) is 2.72. The van der Waals surface area contributed by atoms with Crippen LogP contribution < -0.4 is 0 Å². The highest BCUT2D eigenvalue weighted by molar-refractivity contribution is 6.04. The number of nitrogens with zero attached hydrogens (tertiary/aromatic N) is 1. The van der Waals surface area contributed by atoms with E-state index >= 15 is 0 Å². The maximum Gasteiger partial charge on any atom is 0.337 e. The van der Waals surface area contributed by atoms with Crippen molar-refractivity contribution in [3.05, 3.63) is 34.5 Å². The predicted molar refractivity (Wildman–Crippen MR) is 92.0 cm³/mol. The van der Waals surface area contributed by atoms with E-state index in [0.29, 0.717) is 11.5 Å². The first-order chi connectivity index (χ1) is 10.4. The van der Waals surface area contributed by atoms with Crippen LogP contribution in [0, 0.1) is 6.92 Å². The predicted octanol–water partition coefficient (Wildman–Crippen LogP) is 5.13. The Balaban J connectivity index is 2.90. The maximum absolute atomic E-state index is 11.8. The molecule has 0 aliphatic carbocycles. The molecule has 0 amide bonds. The van der Waals surface area contributed by atoms with Crippen LogP contribution >= 0.6 is 0 Å². The third-order valence-electron chi connectivity index (χ3n) is 4.41. The Labute approximate surface area is 133 Å².